The summed E-state index contributed by atoms with van der Waals surface area (Å²) in [4.78, 5) is 18.0. The average molecular weight is 364 g/mol. The number of hydrogen-bond acceptors (Lipinski definition) is 4. The van der Waals surface area contributed by atoms with Crippen molar-refractivity contribution in [2.24, 2.45) is 0 Å². The van der Waals surface area contributed by atoms with E-state index in [9.17, 15) is 4.79 Å². The minimum atomic E-state index is -0.0970. The molecule has 0 saturated carbocycles. The number of methoxy groups -OCH3 is 1. The molecule has 0 aliphatic heterocycles. The molecule has 0 atom stereocenters. The molecule has 2 aromatic rings. The molecule has 1 aromatic heterocycles. The molecule has 1 amide bonds. The third-order valence-electron chi connectivity index (χ3n) is 3.00. The molecule has 0 bridgehead atoms. The van der Waals surface area contributed by atoms with Gasteiger partial charge in [0, 0.05) is 17.2 Å². The number of aromatic nitrogens is 1. The number of carbonyl (C=O) groups is 1. The van der Waals surface area contributed by atoms with Crippen LogP contribution >= 0.6 is 15.9 Å². The summed E-state index contributed by atoms with van der Waals surface area (Å²) < 4.78 is 6.07. The summed E-state index contributed by atoms with van der Waals surface area (Å²) in [5, 5.41) is 2.77. The summed E-state index contributed by atoms with van der Waals surface area (Å²) in [6.07, 6.45) is 1.65. The molecule has 1 N–H and O–H groups in total. The Morgan fingerprint density at radius 2 is 2.18 bits per heavy atom. The van der Waals surface area contributed by atoms with Crippen LogP contribution in [-0.4, -0.2) is 36.5 Å². The van der Waals surface area contributed by atoms with Gasteiger partial charge in [0.05, 0.1) is 13.7 Å². The maximum atomic E-state index is 12.0. The predicted molar refractivity (Wildman–Crippen MR) is 89.9 cm³/mol. The lowest BCUT2D eigenvalue weighted by Crippen LogP contribution is -2.30. The Hall–Kier alpha value is -1.92. The van der Waals surface area contributed by atoms with E-state index in [1.165, 1.54) is 0 Å². The molecule has 5 nitrogen and oxygen atoms in total. The zero-order valence-electron chi connectivity index (χ0n) is 12.5. The van der Waals surface area contributed by atoms with Crippen LogP contribution in [0.25, 0.3) is 0 Å². The minimum Gasteiger partial charge on any atom is -0.497 e. The second-order valence-electron chi connectivity index (χ2n) is 4.93. The Morgan fingerprint density at radius 1 is 1.36 bits per heavy atom. The van der Waals surface area contributed by atoms with E-state index in [2.05, 4.69) is 26.2 Å². The number of nitrogens with one attached hydrogen (secondary N) is 1. The van der Waals surface area contributed by atoms with Crippen molar-refractivity contribution in [1.29, 1.82) is 0 Å². The summed E-state index contributed by atoms with van der Waals surface area (Å²) >= 11 is 3.31. The molecule has 0 spiro atoms. The molecule has 0 unspecified atom stereocenters. The number of amides is 1. The summed E-state index contributed by atoms with van der Waals surface area (Å²) in [5.41, 5.74) is 1.09. The lowest BCUT2D eigenvalue weighted by atomic mass is 10.2. The van der Waals surface area contributed by atoms with Gasteiger partial charge >= 0.3 is 0 Å². The normalized spacial score (nSPS) is 10.5. The second kappa shape index (κ2) is 7.91. The van der Waals surface area contributed by atoms with Crippen LogP contribution in [0.4, 0.5) is 5.82 Å². The number of rotatable bonds is 6. The first-order valence-electron chi connectivity index (χ1n) is 6.79. The Morgan fingerprint density at radius 3 is 2.86 bits per heavy atom. The van der Waals surface area contributed by atoms with Crippen molar-refractivity contribution in [3.63, 3.8) is 0 Å². The second-order valence-corrected chi connectivity index (χ2v) is 5.85. The molecule has 6 heteroatoms. The number of ether oxygens (including phenoxy) is 1. The summed E-state index contributed by atoms with van der Waals surface area (Å²) in [6.45, 7) is 0.952. The number of hydrogen-bond donors (Lipinski definition) is 1. The highest BCUT2D eigenvalue weighted by molar-refractivity contribution is 9.10. The van der Waals surface area contributed by atoms with Crippen LogP contribution < -0.4 is 10.1 Å². The summed E-state index contributed by atoms with van der Waals surface area (Å²) in [7, 11) is 3.54. The van der Waals surface area contributed by atoms with Crippen molar-refractivity contribution in [3.05, 3.63) is 52.6 Å². The summed E-state index contributed by atoms with van der Waals surface area (Å²) in [5.74, 6) is 1.26. The molecule has 1 aromatic carbocycles. The van der Waals surface area contributed by atoms with Crippen molar-refractivity contribution >= 4 is 27.7 Å². The molecular formula is C16H18BrN3O2. The molecule has 0 radical (unpaired) electrons. The molecule has 116 valence electrons. The highest BCUT2D eigenvalue weighted by Crippen LogP contribution is 2.14. The van der Waals surface area contributed by atoms with Gasteiger partial charge in [-0.15, -0.1) is 0 Å². The van der Waals surface area contributed by atoms with Crippen LogP contribution in [0.1, 0.15) is 5.56 Å². The third-order valence-corrected chi connectivity index (χ3v) is 3.46. The molecule has 0 aliphatic carbocycles. The Kier molecular flexibility index (Phi) is 5.91. The van der Waals surface area contributed by atoms with Crippen molar-refractivity contribution < 1.29 is 9.53 Å². The number of carbonyl (C=O) groups excluding carboxylic acids is 1. The average Bonchev–Trinajstić information content (AvgIpc) is 2.49. The predicted octanol–water partition coefficient (Wildman–Crippen LogP) is 2.92. The van der Waals surface area contributed by atoms with Gasteiger partial charge in [0.1, 0.15) is 11.6 Å². The number of pyridine rings is 1. The van der Waals surface area contributed by atoms with E-state index in [-0.39, 0.29) is 12.5 Å². The Bertz CT molecular complexity index is 632. The Balaban J connectivity index is 1.86. The van der Waals surface area contributed by atoms with E-state index in [0.717, 1.165) is 15.8 Å². The molecular weight excluding hydrogens is 346 g/mol. The van der Waals surface area contributed by atoms with Crippen molar-refractivity contribution in [1.82, 2.24) is 9.88 Å². The first-order valence-corrected chi connectivity index (χ1v) is 7.59. The largest absolute Gasteiger partial charge is 0.497 e. The Labute approximate surface area is 138 Å². The third kappa shape index (κ3) is 5.13. The van der Waals surface area contributed by atoms with E-state index < -0.39 is 0 Å². The number of halogens is 1. The van der Waals surface area contributed by atoms with Crippen molar-refractivity contribution in [3.8, 4) is 5.75 Å². The number of nitrogens with zero attached hydrogens (tertiary/aromatic N) is 2. The summed E-state index contributed by atoms with van der Waals surface area (Å²) in [6, 6.07) is 11.4. The van der Waals surface area contributed by atoms with E-state index >= 15 is 0 Å². The maximum absolute atomic E-state index is 12.0. The van der Waals surface area contributed by atoms with E-state index in [0.29, 0.717) is 12.4 Å². The fourth-order valence-electron chi connectivity index (χ4n) is 2.02. The quantitative estimate of drug-likeness (QED) is 0.857. The van der Waals surface area contributed by atoms with Gasteiger partial charge in [0.15, 0.2) is 0 Å². The van der Waals surface area contributed by atoms with E-state index in [1.54, 1.807) is 19.4 Å². The fourth-order valence-corrected chi connectivity index (χ4v) is 2.25. The molecule has 1 heterocycles. The first kappa shape index (κ1) is 16.5. The molecule has 22 heavy (non-hydrogen) atoms. The topological polar surface area (TPSA) is 54.5 Å². The fraction of sp³-hybridized carbons (Fsp3) is 0.250. The lowest BCUT2D eigenvalue weighted by molar-refractivity contribution is -0.117. The van der Waals surface area contributed by atoms with Crippen LogP contribution in [-0.2, 0) is 11.3 Å². The van der Waals surface area contributed by atoms with Crippen LogP contribution in [0.3, 0.4) is 0 Å². The highest BCUT2D eigenvalue weighted by atomic mass is 79.9. The van der Waals surface area contributed by atoms with E-state index in [4.69, 9.17) is 4.74 Å². The number of anilines is 1. The zero-order chi connectivity index (χ0) is 15.9. The number of benzene rings is 1. The molecule has 0 fully saturated rings. The van der Waals surface area contributed by atoms with Crippen LogP contribution in [0.2, 0.25) is 0 Å². The van der Waals surface area contributed by atoms with Crippen molar-refractivity contribution in [2.75, 3.05) is 26.0 Å². The van der Waals surface area contributed by atoms with Crippen LogP contribution in [0.5, 0.6) is 5.75 Å². The highest BCUT2D eigenvalue weighted by Gasteiger charge is 2.08. The maximum Gasteiger partial charge on any atom is 0.239 e. The van der Waals surface area contributed by atoms with Gasteiger partial charge in [-0.25, -0.2) is 4.98 Å². The van der Waals surface area contributed by atoms with Gasteiger partial charge in [0.25, 0.3) is 0 Å². The van der Waals surface area contributed by atoms with Gasteiger partial charge in [-0.2, -0.15) is 0 Å². The van der Waals surface area contributed by atoms with Crippen molar-refractivity contribution in [2.45, 2.75) is 6.54 Å². The minimum absolute atomic E-state index is 0.0970. The smallest absolute Gasteiger partial charge is 0.239 e. The monoisotopic (exact) mass is 363 g/mol. The van der Waals surface area contributed by atoms with Gasteiger partial charge in [0.2, 0.25) is 5.91 Å². The molecule has 0 saturated heterocycles. The van der Waals surface area contributed by atoms with Crippen LogP contribution in [0.15, 0.2) is 47.1 Å². The van der Waals surface area contributed by atoms with Gasteiger partial charge < -0.3 is 10.1 Å². The molecule has 2 rings (SSSR count). The van der Waals surface area contributed by atoms with Gasteiger partial charge in [-0.05, 0) is 52.8 Å². The zero-order valence-corrected chi connectivity index (χ0v) is 14.1. The van der Waals surface area contributed by atoms with Gasteiger partial charge in [-0.3, -0.25) is 9.69 Å². The van der Waals surface area contributed by atoms with Crippen LogP contribution in [0, 0.1) is 0 Å². The SMILES string of the molecule is COc1cccc(CN(C)CC(=O)Nc2ccc(Br)cn2)c1. The lowest BCUT2D eigenvalue weighted by Gasteiger charge is -2.16. The first-order chi connectivity index (χ1) is 10.6. The van der Waals surface area contributed by atoms with E-state index in [1.807, 2.05) is 42.3 Å². The standard InChI is InChI=1S/C16H18BrN3O2/c1-20(10-12-4-3-5-14(8-12)22-2)11-16(21)19-15-7-6-13(17)9-18-15/h3-9H,10-11H2,1-2H3,(H,18,19,21). The molecule has 0 aliphatic rings. The number of likely N-dealkylation sites (N-methyl/N-ethyl adjacent to an activating group) is 1. The van der Waals surface area contributed by atoms with Gasteiger partial charge in [-0.1, -0.05) is 12.1 Å².